The third-order valence-corrected chi connectivity index (χ3v) is 5.62. The molecule has 4 heterocycles. The lowest BCUT2D eigenvalue weighted by molar-refractivity contribution is 0.612. The molecule has 5 aromatic rings. The maximum Gasteiger partial charge on any atom is 0.166 e. The first kappa shape index (κ1) is 20.1. The molecule has 0 radical (unpaired) electrons. The molecule has 2 N–H and O–H groups in total. The van der Waals surface area contributed by atoms with Gasteiger partial charge in [0.1, 0.15) is 11.3 Å². The Morgan fingerprint density at radius 3 is 2.88 bits per heavy atom. The van der Waals surface area contributed by atoms with Gasteiger partial charge < -0.3 is 14.9 Å². The zero-order chi connectivity index (χ0) is 22.2. The highest BCUT2D eigenvalue weighted by molar-refractivity contribution is 5.87. The maximum absolute atomic E-state index is 13.8. The van der Waals surface area contributed by atoms with Crippen LogP contribution in [0.15, 0.2) is 49.2 Å². The van der Waals surface area contributed by atoms with Gasteiger partial charge in [-0.3, -0.25) is 4.98 Å². The second kappa shape index (κ2) is 8.03. The normalized spacial score (nSPS) is 11.7. The molecule has 4 aromatic heterocycles. The van der Waals surface area contributed by atoms with Crippen molar-refractivity contribution in [3.63, 3.8) is 0 Å². The largest absolute Gasteiger partial charge is 0.368 e. The molecule has 0 saturated heterocycles. The van der Waals surface area contributed by atoms with E-state index in [-0.39, 0.29) is 6.04 Å². The van der Waals surface area contributed by atoms with E-state index >= 15 is 0 Å². The second-order valence-corrected chi connectivity index (χ2v) is 8.19. The van der Waals surface area contributed by atoms with Crippen LogP contribution in [0.4, 0.5) is 10.2 Å². The van der Waals surface area contributed by atoms with Crippen molar-refractivity contribution >= 4 is 27.9 Å². The fraction of sp³-hybridized carbons (Fsp3) is 0.250. The zero-order valence-corrected chi connectivity index (χ0v) is 18.2. The van der Waals surface area contributed by atoms with Crippen LogP contribution in [-0.4, -0.2) is 36.0 Å². The molecule has 0 amide bonds. The van der Waals surface area contributed by atoms with Crippen molar-refractivity contribution in [2.24, 2.45) is 0 Å². The van der Waals surface area contributed by atoms with Crippen molar-refractivity contribution < 1.29 is 4.39 Å². The van der Waals surface area contributed by atoms with Crippen molar-refractivity contribution in [1.29, 1.82) is 0 Å². The van der Waals surface area contributed by atoms with Gasteiger partial charge in [-0.2, -0.15) is 0 Å². The van der Waals surface area contributed by atoms with E-state index in [1.165, 1.54) is 28.8 Å². The van der Waals surface area contributed by atoms with E-state index in [0.717, 1.165) is 11.9 Å². The molecule has 162 valence electrons. The van der Waals surface area contributed by atoms with Crippen molar-refractivity contribution in [2.75, 3.05) is 11.9 Å². The van der Waals surface area contributed by atoms with E-state index in [4.69, 9.17) is 0 Å². The SMILES string of the molecule is Cc1cccc2[nH]cc(CCNc3nc(-c4cncc(F)c4)nc4c3ncn4C(C)C)c12. The Labute approximate surface area is 184 Å². The highest BCUT2D eigenvalue weighted by atomic mass is 19.1. The average Bonchev–Trinajstić information content (AvgIpc) is 3.39. The summed E-state index contributed by atoms with van der Waals surface area (Å²) in [7, 11) is 0. The summed E-state index contributed by atoms with van der Waals surface area (Å²) in [6.07, 6.45) is 7.39. The molecule has 0 saturated carbocycles. The Hall–Kier alpha value is -3.81. The number of imidazole rings is 1. The summed E-state index contributed by atoms with van der Waals surface area (Å²) in [5, 5.41) is 4.69. The first-order valence-electron chi connectivity index (χ1n) is 10.7. The van der Waals surface area contributed by atoms with Gasteiger partial charge in [-0.25, -0.2) is 19.3 Å². The minimum Gasteiger partial charge on any atom is -0.368 e. The number of aryl methyl sites for hydroxylation is 1. The number of rotatable bonds is 6. The summed E-state index contributed by atoms with van der Waals surface area (Å²) < 4.78 is 15.8. The molecule has 0 unspecified atom stereocenters. The van der Waals surface area contributed by atoms with Gasteiger partial charge in [-0.05, 0) is 50.5 Å². The minimum atomic E-state index is -0.423. The van der Waals surface area contributed by atoms with Crippen LogP contribution in [0, 0.1) is 12.7 Å². The van der Waals surface area contributed by atoms with Crippen LogP contribution in [0.2, 0.25) is 0 Å². The number of pyridine rings is 1. The number of hydrogen-bond donors (Lipinski definition) is 2. The van der Waals surface area contributed by atoms with Crippen LogP contribution in [0.3, 0.4) is 0 Å². The fourth-order valence-electron chi connectivity index (χ4n) is 4.04. The Morgan fingerprint density at radius 2 is 2.06 bits per heavy atom. The van der Waals surface area contributed by atoms with Crippen LogP contribution >= 0.6 is 0 Å². The second-order valence-electron chi connectivity index (χ2n) is 8.19. The molecule has 0 aliphatic heterocycles. The molecule has 1 aromatic carbocycles. The van der Waals surface area contributed by atoms with Gasteiger partial charge in [-0.1, -0.05) is 12.1 Å². The van der Waals surface area contributed by atoms with E-state index in [1.807, 2.05) is 4.57 Å². The quantitative estimate of drug-likeness (QED) is 0.394. The number of aromatic nitrogens is 6. The number of hydrogen-bond acceptors (Lipinski definition) is 5. The number of anilines is 1. The Morgan fingerprint density at radius 1 is 1.19 bits per heavy atom. The van der Waals surface area contributed by atoms with E-state index < -0.39 is 5.82 Å². The first-order valence-corrected chi connectivity index (χ1v) is 10.7. The topological polar surface area (TPSA) is 84.3 Å². The van der Waals surface area contributed by atoms with E-state index in [1.54, 1.807) is 12.5 Å². The molecule has 32 heavy (non-hydrogen) atoms. The Kier molecular flexibility index (Phi) is 5.05. The molecule has 0 aliphatic carbocycles. The third kappa shape index (κ3) is 3.57. The predicted octanol–water partition coefficient (Wildman–Crippen LogP) is 5.05. The zero-order valence-electron chi connectivity index (χ0n) is 18.2. The Balaban J connectivity index is 1.49. The highest BCUT2D eigenvalue weighted by Crippen LogP contribution is 2.27. The molecular formula is C24H24FN7. The lowest BCUT2D eigenvalue weighted by Gasteiger charge is -2.11. The molecule has 0 atom stereocenters. The summed E-state index contributed by atoms with van der Waals surface area (Å²) in [6.45, 7) is 6.93. The summed E-state index contributed by atoms with van der Waals surface area (Å²) in [5.41, 5.74) is 5.57. The van der Waals surface area contributed by atoms with Gasteiger partial charge in [-0.15, -0.1) is 0 Å². The lowest BCUT2D eigenvalue weighted by Crippen LogP contribution is -2.09. The molecule has 5 rings (SSSR count). The number of fused-ring (bicyclic) bond motifs is 2. The van der Waals surface area contributed by atoms with E-state index in [9.17, 15) is 4.39 Å². The van der Waals surface area contributed by atoms with Crippen LogP contribution in [0.1, 0.15) is 31.0 Å². The third-order valence-electron chi connectivity index (χ3n) is 5.62. The number of benzene rings is 1. The first-order chi connectivity index (χ1) is 15.5. The average molecular weight is 430 g/mol. The van der Waals surface area contributed by atoms with Gasteiger partial charge >= 0.3 is 0 Å². The monoisotopic (exact) mass is 429 g/mol. The summed E-state index contributed by atoms with van der Waals surface area (Å²) in [6, 6.07) is 7.84. The molecule has 0 aliphatic rings. The van der Waals surface area contributed by atoms with Gasteiger partial charge in [0.15, 0.2) is 17.3 Å². The molecule has 8 heteroatoms. The van der Waals surface area contributed by atoms with Crippen LogP contribution in [-0.2, 0) is 6.42 Å². The lowest BCUT2D eigenvalue weighted by atomic mass is 10.1. The Bertz CT molecular complexity index is 1420. The highest BCUT2D eigenvalue weighted by Gasteiger charge is 2.16. The predicted molar refractivity (Wildman–Crippen MR) is 124 cm³/mol. The van der Waals surface area contributed by atoms with Gasteiger partial charge in [0.2, 0.25) is 0 Å². The fourth-order valence-corrected chi connectivity index (χ4v) is 4.04. The number of nitrogens with zero attached hydrogens (tertiary/aromatic N) is 5. The maximum atomic E-state index is 13.8. The van der Waals surface area contributed by atoms with Crippen LogP contribution in [0.25, 0.3) is 33.5 Å². The standard InChI is InChI=1S/C24H24FN7/c1-14(2)32-13-29-21-23(30-22(31-24(21)32)17-9-18(25)12-26-10-17)27-8-7-16-11-28-19-6-4-5-15(3)20(16)19/h4-6,9-14,28H,7-8H2,1-3H3,(H,27,30,31). The minimum absolute atomic E-state index is 0.176. The number of H-pyrrole nitrogens is 1. The molecule has 0 fully saturated rings. The summed E-state index contributed by atoms with van der Waals surface area (Å²) >= 11 is 0. The van der Waals surface area contributed by atoms with Gasteiger partial charge in [0, 0.05) is 41.4 Å². The molecule has 0 bridgehead atoms. The van der Waals surface area contributed by atoms with Crippen molar-refractivity contribution in [3.8, 4) is 11.4 Å². The van der Waals surface area contributed by atoms with Crippen molar-refractivity contribution in [2.45, 2.75) is 33.2 Å². The number of halogens is 1. The van der Waals surface area contributed by atoms with Gasteiger partial charge in [0.25, 0.3) is 0 Å². The van der Waals surface area contributed by atoms with Crippen LogP contribution < -0.4 is 5.32 Å². The summed E-state index contributed by atoms with van der Waals surface area (Å²) in [4.78, 5) is 21.2. The molecule has 0 spiro atoms. The van der Waals surface area contributed by atoms with Crippen molar-refractivity contribution in [1.82, 2.24) is 29.5 Å². The van der Waals surface area contributed by atoms with Crippen LogP contribution in [0.5, 0.6) is 0 Å². The number of aromatic amines is 1. The molecule has 7 nitrogen and oxygen atoms in total. The number of nitrogens with one attached hydrogen (secondary N) is 2. The molecular weight excluding hydrogens is 405 g/mol. The smallest absolute Gasteiger partial charge is 0.166 e. The van der Waals surface area contributed by atoms with Gasteiger partial charge in [0.05, 0.1) is 12.5 Å². The summed E-state index contributed by atoms with van der Waals surface area (Å²) in [5.74, 6) is 0.621. The van der Waals surface area contributed by atoms with Crippen molar-refractivity contribution in [3.05, 3.63) is 66.1 Å². The van der Waals surface area contributed by atoms with E-state index in [0.29, 0.717) is 34.9 Å². The van der Waals surface area contributed by atoms with E-state index in [2.05, 4.69) is 75.4 Å².